The maximum atomic E-state index is 14.8. The highest BCUT2D eigenvalue weighted by Crippen LogP contribution is 2.51. The summed E-state index contributed by atoms with van der Waals surface area (Å²) < 4.78 is 73.4. The van der Waals surface area contributed by atoms with Gasteiger partial charge in [0.25, 0.3) is 5.91 Å². The van der Waals surface area contributed by atoms with Crippen LogP contribution in [0.5, 0.6) is 11.6 Å². The second-order valence-electron chi connectivity index (χ2n) is 18.4. The third-order valence-corrected chi connectivity index (χ3v) is 15.1. The molecule has 2 bridgehead atoms. The molecule has 15 nitrogen and oxygen atoms in total. The summed E-state index contributed by atoms with van der Waals surface area (Å²) in [6.07, 6.45) is -0.133. The maximum absolute atomic E-state index is 14.8. The van der Waals surface area contributed by atoms with E-state index in [2.05, 4.69) is 10.6 Å². The first kappa shape index (κ1) is 41.8. The van der Waals surface area contributed by atoms with Crippen LogP contribution in [-0.2, 0) is 35.6 Å². The van der Waals surface area contributed by atoms with Crippen molar-refractivity contribution in [1.82, 2.24) is 30.2 Å². The Hall–Kier alpha value is -4.35. The summed E-state index contributed by atoms with van der Waals surface area (Å²) in [7, 11) is -2.71. The molecule has 2 aromatic rings. The van der Waals surface area contributed by atoms with Gasteiger partial charge in [0.1, 0.15) is 40.8 Å². The third kappa shape index (κ3) is 7.88. The van der Waals surface area contributed by atoms with Gasteiger partial charge in [0.05, 0.1) is 35.4 Å². The van der Waals surface area contributed by atoms with Gasteiger partial charge in [-0.25, -0.2) is 32.0 Å². The Labute approximate surface area is 337 Å². The van der Waals surface area contributed by atoms with E-state index in [1.165, 1.54) is 18.9 Å². The minimum atomic E-state index is -4.24. The van der Waals surface area contributed by atoms with E-state index in [1.54, 1.807) is 45.9 Å². The number of carbonyl (C=O) groups is 4. The van der Waals surface area contributed by atoms with Gasteiger partial charge in [0.2, 0.25) is 34.1 Å². The minimum absolute atomic E-state index is 0.148. The monoisotopic (exact) mass is 832 g/mol. The zero-order valence-corrected chi connectivity index (χ0v) is 34.8. The van der Waals surface area contributed by atoms with Gasteiger partial charge in [-0.3, -0.25) is 19.1 Å². The summed E-state index contributed by atoms with van der Waals surface area (Å²) in [5.74, 6) is -4.49. The number of amides is 4. The van der Waals surface area contributed by atoms with Crippen molar-refractivity contribution in [3.8, 4) is 11.6 Å². The number of ether oxygens (including phenoxy) is 3. The van der Waals surface area contributed by atoms with Crippen LogP contribution in [0.2, 0.25) is 0 Å². The fourth-order valence-electron chi connectivity index (χ4n) is 8.42. The predicted molar refractivity (Wildman–Crippen MR) is 206 cm³/mol. The number of methoxy groups -OCH3 is 1. The molecule has 318 valence electrons. The van der Waals surface area contributed by atoms with Crippen LogP contribution in [0, 0.1) is 23.2 Å². The number of alkyl halides is 2. The zero-order valence-electron chi connectivity index (χ0n) is 34.0. The molecule has 1 unspecified atom stereocenters. The Morgan fingerprint density at radius 2 is 1.79 bits per heavy atom. The second kappa shape index (κ2) is 14.7. The van der Waals surface area contributed by atoms with Crippen molar-refractivity contribution in [2.24, 2.45) is 23.2 Å². The molecule has 3 heterocycles. The highest BCUT2D eigenvalue weighted by Gasteiger charge is 2.68. The lowest BCUT2D eigenvalue weighted by Gasteiger charge is -2.36. The number of carbonyl (C=O) groups excluding carboxylic acids is 4. The maximum Gasteiger partial charge on any atom is 0.408 e. The molecular formula is C40H54F2N6O9S. The summed E-state index contributed by atoms with van der Waals surface area (Å²) in [5, 5.41) is 5.24. The first-order chi connectivity index (χ1) is 27.1. The largest absolute Gasteiger partial charge is 0.497 e. The molecule has 1 aromatic carbocycles. The number of hydrogen-bond acceptors (Lipinski definition) is 11. The van der Waals surface area contributed by atoms with Gasteiger partial charge < -0.3 is 29.7 Å². The molecule has 3 saturated carbocycles. The van der Waals surface area contributed by atoms with E-state index in [9.17, 15) is 36.4 Å². The van der Waals surface area contributed by atoms with Gasteiger partial charge >= 0.3 is 6.09 Å². The lowest BCUT2D eigenvalue weighted by atomic mass is 9.85. The second-order valence-corrected chi connectivity index (χ2v) is 20.6. The van der Waals surface area contributed by atoms with Crippen molar-refractivity contribution in [1.29, 1.82) is 0 Å². The van der Waals surface area contributed by atoms with Gasteiger partial charge in [-0.15, -0.1) is 0 Å². The van der Waals surface area contributed by atoms with E-state index in [-0.39, 0.29) is 18.3 Å². The van der Waals surface area contributed by atoms with Crippen LogP contribution >= 0.6 is 0 Å². The smallest absolute Gasteiger partial charge is 0.408 e. The number of alkyl carbamates (subject to hydrolysis) is 1. The SMILES string of the molecule is COc1ccc2nc3c(nc2c1)O[C@H]1CN(C(=O)[C@H](C(C)(C)C)NC(=O)O[C@]2(C)CC2CCCCC3)[C@H](C(=O)N[C@]2(C(=O)NS(=O)(=O)C3(C)CC3)C[C@H]2C(F)F)[C@@H]1C. The van der Waals surface area contributed by atoms with Crippen LogP contribution in [0.4, 0.5) is 13.6 Å². The highest BCUT2D eigenvalue weighted by molar-refractivity contribution is 7.91. The van der Waals surface area contributed by atoms with Crippen molar-refractivity contribution >= 4 is 44.9 Å². The van der Waals surface area contributed by atoms with Crippen LogP contribution in [0.3, 0.4) is 0 Å². The molecule has 1 aromatic heterocycles. The number of nitrogens with zero attached hydrogens (tertiary/aromatic N) is 3. The normalized spacial score (nSPS) is 32.3. The van der Waals surface area contributed by atoms with Crippen LogP contribution in [0.15, 0.2) is 18.2 Å². The fraction of sp³-hybridized carbons (Fsp3) is 0.700. The van der Waals surface area contributed by atoms with Gasteiger partial charge in [-0.05, 0) is 76.3 Å². The lowest BCUT2D eigenvalue weighted by molar-refractivity contribution is -0.143. The first-order valence-corrected chi connectivity index (χ1v) is 21.6. The summed E-state index contributed by atoms with van der Waals surface area (Å²) in [6, 6.07) is 2.67. The van der Waals surface area contributed by atoms with Crippen LogP contribution in [-0.4, -0.2) is 101 Å². The fourth-order valence-corrected chi connectivity index (χ4v) is 9.73. The van der Waals surface area contributed by atoms with E-state index < -0.39 is 98.0 Å². The number of fused-ring (bicyclic) bond motifs is 5. The number of sulfonamides is 1. The summed E-state index contributed by atoms with van der Waals surface area (Å²) in [6.45, 7) is 10.0. The Bertz CT molecular complexity index is 2110. The summed E-state index contributed by atoms with van der Waals surface area (Å²) in [5.41, 5.74) is -2.17. The molecule has 3 aliphatic carbocycles. The molecule has 4 fully saturated rings. The summed E-state index contributed by atoms with van der Waals surface area (Å²) >= 11 is 0. The molecule has 5 aliphatic rings. The van der Waals surface area contributed by atoms with Crippen LogP contribution < -0.4 is 24.8 Å². The number of aryl methyl sites for hydroxylation is 1. The van der Waals surface area contributed by atoms with Crippen LogP contribution in [0.25, 0.3) is 11.0 Å². The van der Waals surface area contributed by atoms with E-state index in [4.69, 9.17) is 24.2 Å². The standard InChI is InChI=1S/C40H54F2N6O9S/c1-21-28-20-48(29(21)32(49)46-40(19-24(40)31(41)42)35(51)47-58(53,54)38(5)15-16-38)34(50)30(37(2,3)4)45-36(52)57-39(6)18-22(39)11-9-8-10-12-26-33(56-28)44-27-17-23(55-7)13-14-25(27)43-26/h13-14,17,21-22,24,28-31H,8-12,15-16,18-20H2,1-7H3,(H,45,52)(H,46,49)(H,47,51)/t21-,22?,24+,28+,29+,30-,39-,40-/m1/s1. The zero-order chi connectivity index (χ0) is 42.2. The Morgan fingerprint density at radius 1 is 1.07 bits per heavy atom. The molecule has 1 saturated heterocycles. The van der Waals surface area contributed by atoms with Gasteiger partial charge in [-0.2, -0.15) is 0 Å². The van der Waals surface area contributed by atoms with E-state index in [0.717, 1.165) is 25.7 Å². The summed E-state index contributed by atoms with van der Waals surface area (Å²) in [4.78, 5) is 67.4. The molecule has 0 radical (unpaired) electrons. The molecule has 7 rings (SSSR count). The van der Waals surface area contributed by atoms with Crippen molar-refractivity contribution in [2.75, 3.05) is 13.7 Å². The van der Waals surface area contributed by atoms with Crippen molar-refractivity contribution in [3.63, 3.8) is 0 Å². The van der Waals surface area contributed by atoms with Crippen molar-refractivity contribution < 1.29 is 50.6 Å². The van der Waals surface area contributed by atoms with E-state index in [1.807, 2.05) is 11.6 Å². The number of aromatic nitrogens is 2. The molecule has 4 amide bonds. The molecule has 3 N–H and O–H groups in total. The number of benzene rings is 1. The average molecular weight is 833 g/mol. The number of hydrogen-bond donors (Lipinski definition) is 3. The van der Waals surface area contributed by atoms with Gasteiger partial charge in [-0.1, -0.05) is 40.5 Å². The predicted octanol–water partition coefficient (Wildman–Crippen LogP) is 4.41. The topological polar surface area (TPSA) is 195 Å². The number of halogens is 2. The molecule has 0 spiro atoms. The Balaban J connectivity index is 1.26. The number of nitrogens with one attached hydrogen (secondary N) is 3. The Morgan fingerprint density at radius 3 is 2.43 bits per heavy atom. The molecule has 8 atom stereocenters. The quantitative estimate of drug-likeness (QED) is 0.358. The van der Waals surface area contributed by atoms with Gasteiger partial charge in [0, 0.05) is 17.9 Å². The number of rotatable bonds is 7. The van der Waals surface area contributed by atoms with E-state index >= 15 is 0 Å². The highest BCUT2D eigenvalue weighted by atomic mass is 32.2. The first-order valence-electron chi connectivity index (χ1n) is 20.1. The van der Waals surface area contributed by atoms with Crippen molar-refractivity contribution in [2.45, 2.75) is 140 Å². The molecule has 2 aliphatic heterocycles. The van der Waals surface area contributed by atoms with Crippen LogP contribution in [0.1, 0.15) is 98.6 Å². The Kier molecular flexibility index (Phi) is 10.6. The van der Waals surface area contributed by atoms with Gasteiger partial charge in [0.15, 0.2) is 0 Å². The lowest BCUT2D eigenvalue weighted by Crippen LogP contribution is -2.61. The molecule has 18 heteroatoms. The van der Waals surface area contributed by atoms with Crippen molar-refractivity contribution in [3.05, 3.63) is 23.9 Å². The molecule has 58 heavy (non-hydrogen) atoms. The van der Waals surface area contributed by atoms with E-state index in [0.29, 0.717) is 48.2 Å². The average Bonchev–Trinajstić information content (AvgIpc) is 4.09. The minimum Gasteiger partial charge on any atom is -0.497 e. The molecular weight excluding hydrogens is 779 g/mol. The third-order valence-electron chi connectivity index (χ3n) is 12.9.